The summed E-state index contributed by atoms with van der Waals surface area (Å²) in [6, 6.07) is 19.4. The van der Waals surface area contributed by atoms with Crippen LogP contribution in [0, 0.1) is 0 Å². The second-order valence-electron chi connectivity index (χ2n) is 6.96. The molecule has 27 heavy (non-hydrogen) atoms. The molecule has 1 aromatic heterocycles. The highest BCUT2D eigenvalue weighted by molar-refractivity contribution is 6.10. The van der Waals surface area contributed by atoms with E-state index in [0.29, 0.717) is 11.1 Å². The Labute approximate surface area is 156 Å². The number of nitrogens with zero attached hydrogens (tertiary/aromatic N) is 1. The number of carbonyl (C=O) groups is 1. The van der Waals surface area contributed by atoms with Crippen LogP contribution in [0.3, 0.4) is 0 Å². The third-order valence-electron chi connectivity index (χ3n) is 5.31. The second-order valence-corrected chi connectivity index (χ2v) is 6.96. The Hall–Kier alpha value is -3.40. The molecule has 0 radical (unpaired) electrons. The lowest BCUT2D eigenvalue weighted by Gasteiger charge is -2.20. The van der Waals surface area contributed by atoms with Crippen LogP contribution >= 0.6 is 0 Å². The fourth-order valence-electron chi connectivity index (χ4n) is 4.04. The number of amides is 1. The number of aryl methyl sites for hydroxylation is 2. The third kappa shape index (κ3) is 2.53. The molecular weight excluding hydrogens is 336 g/mol. The van der Waals surface area contributed by atoms with Gasteiger partial charge < -0.3 is 9.88 Å². The van der Waals surface area contributed by atoms with Crippen molar-refractivity contribution in [1.82, 2.24) is 4.57 Å². The molecule has 0 aliphatic carbocycles. The van der Waals surface area contributed by atoms with Crippen LogP contribution in [0.5, 0.6) is 0 Å². The van der Waals surface area contributed by atoms with Crippen LogP contribution in [0.2, 0.25) is 0 Å². The molecule has 1 aliphatic rings. The van der Waals surface area contributed by atoms with Gasteiger partial charge in [0.05, 0.1) is 5.52 Å². The first-order valence-electron chi connectivity index (χ1n) is 9.16. The van der Waals surface area contributed by atoms with Gasteiger partial charge in [-0.1, -0.05) is 48.5 Å². The molecule has 1 N–H and O–H groups in total. The van der Waals surface area contributed by atoms with E-state index in [1.165, 1.54) is 5.56 Å². The molecule has 4 aromatic rings. The monoisotopic (exact) mass is 354 g/mol. The Morgan fingerprint density at radius 2 is 1.70 bits per heavy atom. The molecule has 0 atom stereocenters. The zero-order chi connectivity index (χ0) is 18.4. The molecule has 5 rings (SSSR count). The molecule has 4 nitrogen and oxygen atoms in total. The number of hydrogen-bond donors (Lipinski definition) is 1. The summed E-state index contributed by atoms with van der Waals surface area (Å²) in [7, 11) is 0. The average Bonchev–Trinajstić information content (AvgIpc) is 2.71. The van der Waals surface area contributed by atoms with Gasteiger partial charge in [-0.05, 0) is 35.9 Å². The first-order chi connectivity index (χ1) is 13.2. The van der Waals surface area contributed by atoms with Gasteiger partial charge in [-0.2, -0.15) is 0 Å². The molecule has 0 saturated heterocycles. The fraction of sp³-hybridized carbons (Fsp3) is 0.130. The summed E-state index contributed by atoms with van der Waals surface area (Å²) in [4.78, 5) is 26.0. The Kier molecular flexibility index (Phi) is 3.57. The van der Waals surface area contributed by atoms with Crippen LogP contribution in [0.25, 0.3) is 21.7 Å². The normalized spacial score (nSPS) is 13.0. The Morgan fingerprint density at radius 3 is 2.63 bits per heavy atom. The molecule has 0 fully saturated rings. The van der Waals surface area contributed by atoms with Crippen LogP contribution in [0.1, 0.15) is 22.3 Å². The molecule has 4 heteroatoms. The van der Waals surface area contributed by atoms with Gasteiger partial charge in [-0.15, -0.1) is 0 Å². The topological polar surface area (TPSA) is 51.1 Å². The van der Waals surface area contributed by atoms with Gasteiger partial charge in [0.15, 0.2) is 0 Å². The zero-order valence-electron chi connectivity index (χ0n) is 14.7. The van der Waals surface area contributed by atoms with Gasteiger partial charge in [0.1, 0.15) is 5.56 Å². The maximum atomic E-state index is 13.0. The summed E-state index contributed by atoms with van der Waals surface area (Å²) in [5, 5.41) is 5.56. The minimum atomic E-state index is -0.363. The minimum absolute atomic E-state index is 0.189. The number of pyridine rings is 1. The SMILES string of the molecule is O=C(Nc1cccc2ccccc12)c1cn2c3c(cccc3c1=O)CCC2. The van der Waals surface area contributed by atoms with E-state index in [1.807, 2.05) is 59.2 Å². The van der Waals surface area contributed by atoms with E-state index < -0.39 is 0 Å². The van der Waals surface area contributed by atoms with Crippen LogP contribution in [0.15, 0.2) is 71.7 Å². The highest BCUT2D eigenvalue weighted by Gasteiger charge is 2.19. The van der Waals surface area contributed by atoms with Crippen molar-refractivity contribution in [2.45, 2.75) is 19.4 Å². The zero-order valence-corrected chi connectivity index (χ0v) is 14.7. The highest BCUT2D eigenvalue weighted by atomic mass is 16.2. The largest absolute Gasteiger partial charge is 0.346 e. The molecular formula is C23H18N2O2. The van der Waals surface area contributed by atoms with Gasteiger partial charge in [0.25, 0.3) is 5.91 Å². The maximum absolute atomic E-state index is 13.0. The third-order valence-corrected chi connectivity index (χ3v) is 5.31. The summed E-state index contributed by atoms with van der Waals surface area (Å²) in [6.07, 6.45) is 3.70. The standard InChI is InChI=1S/C23H18N2O2/c26-22-18-11-3-8-16-9-5-13-25(21(16)18)14-19(22)23(27)24-20-12-4-7-15-6-1-2-10-17(15)20/h1-4,6-8,10-12,14H,5,9,13H2,(H,24,27). The number of aromatic nitrogens is 1. The number of rotatable bonds is 2. The van der Waals surface area contributed by atoms with Gasteiger partial charge in [-0.25, -0.2) is 0 Å². The minimum Gasteiger partial charge on any atom is -0.346 e. The summed E-state index contributed by atoms with van der Waals surface area (Å²) in [5.41, 5.74) is 2.84. The fourth-order valence-corrected chi connectivity index (χ4v) is 4.04. The van der Waals surface area contributed by atoms with Crippen molar-refractivity contribution in [1.29, 1.82) is 0 Å². The van der Waals surface area contributed by atoms with E-state index in [4.69, 9.17) is 0 Å². The summed E-state index contributed by atoms with van der Waals surface area (Å²) in [5.74, 6) is -0.363. The van der Waals surface area contributed by atoms with E-state index >= 15 is 0 Å². The Bertz CT molecular complexity index is 1270. The smallest absolute Gasteiger partial charge is 0.261 e. The van der Waals surface area contributed by atoms with E-state index in [0.717, 1.165) is 35.7 Å². The average molecular weight is 354 g/mol. The molecule has 0 unspecified atom stereocenters. The van der Waals surface area contributed by atoms with Crippen LogP contribution in [-0.4, -0.2) is 10.5 Å². The second kappa shape index (κ2) is 6.09. The predicted molar refractivity (Wildman–Crippen MR) is 108 cm³/mol. The lowest BCUT2D eigenvalue weighted by atomic mass is 9.99. The summed E-state index contributed by atoms with van der Waals surface area (Å²) >= 11 is 0. The Balaban J connectivity index is 1.63. The molecule has 0 bridgehead atoms. The molecule has 132 valence electrons. The lowest BCUT2D eigenvalue weighted by molar-refractivity contribution is 0.102. The van der Waals surface area contributed by atoms with Crippen molar-refractivity contribution in [2.75, 3.05) is 5.32 Å². The Morgan fingerprint density at radius 1 is 0.926 bits per heavy atom. The van der Waals surface area contributed by atoms with Crippen molar-refractivity contribution in [3.63, 3.8) is 0 Å². The van der Waals surface area contributed by atoms with Crippen LogP contribution < -0.4 is 10.7 Å². The first-order valence-corrected chi connectivity index (χ1v) is 9.16. The number of anilines is 1. The van der Waals surface area contributed by atoms with Crippen molar-refractivity contribution in [3.05, 3.63) is 88.2 Å². The molecule has 1 amide bonds. The highest BCUT2D eigenvalue weighted by Crippen LogP contribution is 2.25. The molecule has 3 aromatic carbocycles. The van der Waals surface area contributed by atoms with Crippen molar-refractivity contribution >= 4 is 33.3 Å². The number of nitrogens with one attached hydrogen (secondary N) is 1. The number of fused-ring (bicyclic) bond motifs is 1. The van der Waals surface area contributed by atoms with Gasteiger partial charge in [-0.3, -0.25) is 9.59 Å². The molecule has 0 saturated carbocycles. The van der Waals surface area contributed by atoms with E-state index in [9.17, 15) is 9.59 Å². The van der Waals surface area contributed by atoms with E-state index in [-0.39, 0.29) is 16.9 Å². The lowest BCUT2D eigenvalue weighted by Crippen LogP contribution is -2.25. The van der Waals surface area contributed by atoms with Gasteiger partial charge in [0, 0.05) is 29.2 Å². The quantitative estimate of drug-likeness (QED) is 0.582. The number of carbonyl (C=O) groups excluding carboxylic acids is 1. The van der Waals surface area contributed by atoms with E-state index in [2.05, 4.69) is 11.4 Å². The van der Waals surface area contributed by atoms with Crippen molar-refractivity contribution in [2.24, 2.45) is 0 Å². The van der Waals surface area contributed by atoms with Gasteiger partial charge >= 0.3 is 0 Å². The molecule has 1 aliphatic heterocycles. The van der Waals surface area contributed by atoms with Crippen LogP contribution in [0.4, 0.5) is 5.69 Å². The van der Waals surface area contributed by atoms with Crippen molar-refractivity contribution in [3.8, 4) is 0 Å². The van der Waals surface area contributed by atoms with Gasteiger partial charge in [0.2, 0.25) is 5.43 Å². The maximum Gasteiger partial charge on any atom is 0.261 e. The van der Waals surface area contributed by atoms with Crippen molar-refractivity contribution < 1.29 is 4.79 Å². The number of para-hydroxylation sites is 1. The molecule has 0 spiro atoms. The number of hydrogen-bond acceptors (Lipinski definition) is 2. The molecule has 2 heterocycles. The van der Waals surface area contributed by atoms with E-state index in [1.54, 1.807) is 6.20 Å². The summed E-state index contributed by atoms with van der Waals surface area (Å²) < 4.78 is 2.05. The predicted octanol–water partition coefficient (Wildman–Crippen LogP) is 4.35. The summed E-state index contributed by atoms with van der Waals surface area (Å²) in [6.45, 7) is 0.822. The number of benzene rings is 3. The van der Waals surface area contributed by atoms with Crippen LogP contribution in [-0.2, 0) is 13.0 Å². The first kappa shape index (κ1) is 15.8.